The van der Waals surface area contributed by atoms with Crippen molar-refractivity contribution in [3.8, 4) is 5.75 Å². The molecule has 0 spiro atoms. The molecule has 0 aliphatic carbocycles. The van der Waals surface area contributed by atoms with Crippen molar-refractivity contribution in [3.63, 3.8) is 0 Å². The lowest BCUT2D eigenvalue weighted by Crippen LogP contribution is -2.37. The van der Waals surface area contributed by atoms with Gasteiger partial charge in [0.05, 0.1) is 0 Å². The van der Waals surface area contributed by atoms with Gasteiger partial charge in [0.25, 0.3) is 0 Å². The Kier molecular flexibility index (Phi) is 5.16. The topological polar surface area (TPSA) is 35.5 Å². The number of rotatable bonds is 6. The van der Waals surface area contributed by atoms with Gasteiger partial charge in [-0.3, -0.25) is 4.79 Å². The van der Waals surface area contributed by atoms with E-state index in [1.807, 2.05) is 43.3 Å². The van der Waals surface area contributed by atoms with Gasteiger partial charge < -0.3 is 9.16 Å². The molecular formula is C18H22O3Si. The van der Waals surface area contributed by atoms with Crippen molar-refractivity contribution < 1.29 is 14.0 Å². The number of carbonyl (C=O) groups excluding carboxylic acids is 1. The Hall–Kier alpha value is -1.91. The molecule has 2 aromatic rings. The summed E-state index contributed by atoms with van der Waals surface area (Å²) in [7, 11) is -0.0215. The smallest absolute Gasteiger partial charge is 0.224 e. The molecule has 0 amide bonds. The van der Waals surface area contributed by atoms with Gasteiger partial charge in [0.2, 0.25) is 8.32 Å². The van der Waals surface area contributed by atoms with E-state index in [1.54, 1.807) is 19.2 Å². The summed E-state index contributed by atoms with van der Waals surface area (Å²) in [5, 5.41) is 0. The number of hydrogen-bond donors (Lipinski definition) is 0. The highest BCUT2D eigenvalue weighted by Crippen LogP contribution is 2.17. The average Bonchev–Trinajstić information content (AvgIpc) is 2.54. The molecule has 22 heavy (non-hydrogen) atoms. The summed E-state index contributed by atoms with van der Waals surface area (Å²) >= 11 is 0. The second kappa shape index (κ2) is 6.90. The first-order valence-corrected chi connectivity index (χ1v) is 10.4. The Morgan fingerprint density at radius 3 is 1.95 bits per heavy atom. The van der Waals surface area contributed by atoms with E-state index in [1.165, 1.54) is 0 Å². The fourth-order valence-corrected chi connectivity index (χ4v) is 2.52. The first kappa shape index (κ1) is 16.5. The van der Waals surface area contributed by atoms with Crippen LogP contribution in [0.4, 0.5) is 0 Å². The number of aryl methyl sites for hydroxylation is 1. The molecule has 2 aromatic carbocycles. The monoisotopic (exact) mass is 314 g/mol. The minimum atomic E-state index is -1.74. The highest BCUT2D eigenvalue weighted by molar-refractivity contribution is 6.71. The zero-order chi connectivity index (χ0) is 16.2. The summed E-state index contributed by atoms with van der Waals surface area (Å²) in [6.45, 7) is 6.20. The number of ether oxygens (including phenoxy) is 1. The molecule has 0 aromatic heterocycles. The molecule has 0 aliphatic rings. The third kappa shape index (κ3) is 4.29. The molecule has 0 saturated carbocycles. The number of hydrogen-bond acceptors (Lipinski definition) is 3. The third-order valence-corrected chi connectivity index (χ3v) is 5.51. The first-order chi connectivity index (χ1) is 10.4. The van der Waals surface area contributed by atoms with Crippen molar-refractivity contribution in [1.82, 2.24) is 0 Å². The van der Waals surface area contributed by atoms with Gasteiger partial charge in [-0.2, -0.15) is 0 Å². The van der Waals surface area contributed by atoms with Gasteiger partial charge in [0.15, 0.2) is 5.78 Å². The second-order valence-corrected chi connectivity index (χ2v) is 10.2. The Morgan fingerprint density at radius 1 is 0.955 bits per heavy atom. The van der Waals surface area contributed by atoms with Crippen LogP contribution in [0.2, 0.25) is 13.1 Å². The van der Waals surface area contributed by atoms with E-state index in [0.717, 1.165) is 11.3 Å². The third-order valence-electron chi connectivity index (χ3n) is 3.57. The van der Waals surface area contributed by atoms with Crippen molar-refractivity contribution in [2.75, 3.05) is 13.3 Å². The Labute approximate surface area is 133 Å². The summed E-state index contributed by atoms with van der Waals surface area (Å²) in [5.74, 6) is 0.788. The molecule has 3 nitrogen and oxygen atoms in total. The molecule has 0 aliphatic heterocycles. The van der Waals surface area contributed by atoms with Crippen LogP contribution in [-0.4, -0.2) is 27.4 Å². The van der Waals surface area contributed by atoms with E-state index in [-0.39, 0.29) is 5.78 Å². The van der Waals surface area contributed by atoms with E-state index in [9.17, 15) is 4.79 Å². The lowest BCUT2D eigenvalue weighted by molar-refractivity contribution is 0.103. The molecule has 0 atom stereocenters. The van der Waals surface area contributed by atoms with E-state index in [2.05, 4.69) is 13.1 Å². The fraction of sp³-hybridized carbons (Fsp3) is 0.278. The standard InChI is InChI=1S/C18H22O3Si/c1-14-5-7-15(8-6-14)18(19)16-9-11-17(12-10-16)21-13-22(3,4)20-2/h5-12H,13H2,1-4H3. The maximum atomic E-state index is 12.4. The van der Waals surface area contributed by atoms with Gasteiger partial charge in [-0.1, -0.05) is 29.8 Å². The van der Waals surface area contributed by atoms with E-state index in [4.69, 9.17) is 9.16 Å². The van der Waals surface area contributed by atoms with Crippen molar-refractivity contribution in [2.45, 2.75) is 20.0 Å². The van der Waals surface area contributed by atoms with Crippen LogP contribution in [0, 0.1) is 6.92 Å². The van der Waals surface area contributed by atoms with Gasteiger partial charge >= 0.3 is 0 Å². The van der Waals surface area contributed by atoms with Crippen LogP contribution in [0.1, 0.15) is 21.5 Å². The molecule has 0 heterocycles. The average molecular weight is 314 g/mol. The van der Waals surface area contributed by atoms with E-state index < -0.39 is 8.32 Å². The van der Waals surface area contributed by atoms with Crippen LogP contribution >= 0.6 is 0 Å². The summed E-state index contributed by atoms with van der Waals surface area (Å²) in [6.07, 6.45) is 0.592. The minimum Gasteiger partial charge on any atom is -0.494 e. The molecule has 0 radical (unpaired) electrons. The predicted octanol–water partition coefficient (Wildman–Crippen LogP) is 4.00. The summed E-state index contributed by atoms with van der Waals surface area (Å²) in [4.78, 5) is 12.4. The highest BCUT2D eigenvalue weighted by Gasteiger charge is 2.21. The number of carbonyl (C=O) groups is 1. The molecule has 4 heteroatoms. The highest BCUT2D eigenvalue weighted by atomic mass is 28.4. The van der Waals surface area contributed by atoms with Crippen LogP contribution in [0.5, 0.6) is 5.75 Å². The minimum absolute atomic E-state index is 0.0261. The molecule has 0 bridgehead atoms. The molecule has 116 valence electrons. The molecule has 0 saturated heterocycles. The Morgan fingerprint density at radius 2 is 1.45 bits per heavy atom. The van der Waals surface area contributed by atoms with Crippen LogP contribution in [-0.2, 0) is 4.43 Å². The lowest BCUT2D eigenvalue weighted by Gasteiger charge is -2.20. The van der Waals surface area contributed by atoms with Gasteiger partial charge in [-0.05, 0) is 44.3 Å². The van der Waals surface area contributed by atoms with Gasteiger partial charge in [0, 0.05) is 18.2 Å². The van der Waals surface area contributed by atoms with Crippen LogP contribution < -0.4 is 4.74 Å². The summed E-state index contributed by atoms with van der Waals surface area (Å²) in [5.41, 5.74) is 2.51. The number of benzene rings is 2. The Bertz CT molecular complexity index is 630. The normalized spacial score (nSPS) is 11.3. The molecular weight excluding hydrogens is 292 g/mol. The lowest BCUT2D eigenvalue weighted by atomic mass is 10.0. The van der Waals surface area contributed by atoms with Gasteiger partial charge in [0.1, 0.15) is 12.0 Å². The summed E-state index contributed by atoms with van der Waals surface area (Å²) in [6, 6.07) is 14.9. The molecule has 0 fully saturated rings. The maximum absolute atomic E-state index is 12.4. The maximum Gasteiger partial charge on any atom is 0.224 e. The number of ketones is 1. The molecule has 0 N–H and O–H groups in total. The fourth-order valence-electron chi connectivity index (χ4n) is 1.89. The SMILES string of the molecule is CO[Si](C)(C)COc1ccc(C(=O)c2ccc(C)cc2)cc1. The van der Waals surface area contributed by atoms with Crippen LogP contribution in [0.15, 0.2) is 48.5 Å². The van der Waals surface area contributed by atoms with Crippen LogP contribution in [0.3, 0.4) is 0 Å². The predicted molar refractivity (Wildman–Crippen MR) is 91.0 cm³/mol. The van der Waals surface area contributed by atoms with Gasteiger partial charge in [-0.15, -0.1) is 0 Å². The van der Waals surface area contributed by atoms with Gasteiger partial charge in [-0.25, -0.2) is 0 Å². The summed E-state index contributed by atoms with van der Waals surface area (Å²) < 4.78 is 11.2. The Balaban J connectivity index is 2.05. The zero-order valence-corrected chi connectivity index (χ0v) is 14.6. The second-order valence-electron chi connectivity index (χ2n) is 5.97. The largest absolute Gasteiger partial charge is 0.494 e. The zero-order valence-electron chi connectivity index (χ0n) is 13.6. The molecule has 2 rings (SSSR count). The van der Waals surface area contributed by atoms with Crippen molar-refractivity contribution >= 4 is 14.1 Å². The van der Waals surface area contributed by atoms with E-state index in [0.29, 0.717) is 17.4 Å². The first-order valence-electron chi connectivity index (χ1n) is 7.31. The van der Waals surface area contributed by atoms with Crippen LogP contribution in [0.25, 0.3) is 0 Å². The van der Waals surface area contributed by atoms with Crippen molar-refractivity contribution in [1.29, 1.82) is 0 Å². The van der Waals surface area contributed by atoms with Crippen molar-refractivity contribution in [3.05, 3.63) is 65.2 Å². The van der Waals surface area contributed by atoms with Crippen molar-refractivity contribution in [2.24, 2.45) is 0 Å². The van der Waals surface area contributed by atoms with E-state index >= 15 is 0 Å². The molecule has 0 unspecified atom stereocenters. The quantitative estimate of drug-likeness (QED) is 0.597.